The summed E-state index contributed by atoms with van der Waals surface area (Å²) < 4.78 is 0. The minimum absolute atomic E-state index is 0.260. The largest absolute Gasteiger partial charge is 0.481 e. The van der Waals surface area contributed by atoms with E-state index in [1.54, 1.807) is 0 Å². The highest BCUT2D eigenvalue weighted by Crippen LogP contribution is 2.32. The van der Waals surface area contributed by atoms with Crippen LogP contribution in [0.15, 0.2) is 12.2 Å². The lowest BCUT2D eigenvalue weighted by Gasteiger charge is -2.35. The Morgan fingerprint density at radius 3 is 2.58 bits per heavy atom. The van der Waals surface area contributed by atoms with Crippen LogP contribution >= 0.6 is 0 Å². The zero-order valence-corrected chi connectivity index (χ0v) is 11.5. The number of hydrogen-bond acceptors (Lipinski definition) is 3. The van der Waals surface area contributed by atoms with Gasteiger partial charge in [-0.2, -0.15) is 0 Å². The molecule has 2 rings (SSSR count). The predicted molar refractivity (Wildman–Crippen MR) is 73.9 cm³/mol. The molecule has 0 spiro atoms. The maximum Gasteiger partial charge on any atom is 0.306 e. The molecule has 2 aliphatic carbocycles. The van der Waals surface area contributed by atoms with E-state index in [9.17, 15) is 9.90 Å². The van der Waals surface area contributed by atoms with Crippen molar-refractivity contribution in [2.24, 2.45) is 11.8 Å². The number of aliphatic hydroxyl groups is 1. The molecule has 4 nitrogen and oxygen atoms in total. The summed E-state index contributed by atoms with van der Waals surface area (Å²) in [6.07, 6.45) is 10.4. The number of carboxylic acids is 1. The number of allylic oxidation sites excluding steroid dienone is 2. The normalized spacial score (nSPS) is 35.2. The fourth-order valence-electron chi connectivity index (χ4n) is 3.13. The molecule has 4 heteroatoms. The molecule has 1 atom stereocenters. The Morgan fingerprint density at radius 2 is 2.00 bits per heavy atom. The molecule has 19 heavy (non-hydrogen) atoms. The number of aliphatic carboxylic acids is 1. The third-order valence-electron chi connectivity index (χ3n) is 4.53. The summed E-state index contributed by atoms with van der Waals surface area (Å²) in [6, 6.07) is 0. The van der Waals surface area contributed by atoms with Gasteiger partial charge in [0.25, 0.3) is 0 Å². The van der Waals surface area contributed by atoms with Crippen molar-refractivity contribution in [3.63, 3.8) is 0 Å². The Bertz CT molecular complexity index is 332. The van der Waals surface area contributed by atoms with Crippen LogP contribution in [0.5, 0.6) is 0 Å². The van der Waals surface area contributed by atoms with Crippen LogP contribution in [0.1, 0.15) is 44.9 Å². The minimum Gasteiger partial charge on any atom is -0.481 e. The van der Waals surface area contributed by atoms with Gasteiger partial charge in [0.2, 0.25) is 0 Å². The standard InChI is InChI=1S/C15H25NO3/c17-14(18)13-6-8-15(19,9-7-13)11-16-10-12-4-2-1-3-5-12/h1-2,12-13,16,19H,3-11H2,(H,17,18). The van der Waals surface area contributed by atoms with Gasteiger partial charge in [-0.1, -0.05) is 12.2 Å². The average Bonchev–Trinajstić information content (AvgIpc) is 2.40. The molecule has 0 heterocycles. The molecule has 0 radical (unpaired) electrons. The average molecular weight is 267 g/mol. The molecular formula is C15H25NO3. The van der Waals surface area contributed by atoms with Gasteiger partial charge in [0.1, 0.15) is 0 Å². The smallest absolute Gasteiger partial charge is 0.306 e. The summed E-state index contributed by atoms with van der Waals surface area (Å²) in [5.41, 5.74) is -0.698. The van der Waals surface area contributed by atoms with Crippen molar-refractivity contribution < 1.29 is 15.0 Å². The fourth-order valence-corrected chi connectivity index (χ4v) is 3.13. The van der Waals surface area contributed by atoms with E-state index in [1.807, 2.05) is 0 Å². The quantitative estimate of drug-likeness (QED) is 0.666. The van der Waals surface area contributed by atoms with Gasteiger partial charge in [0.05, 0.1) is 11.5 Å². The number of carboxylic acid groups (broad SMARTS) is 1. The molecule has 1 unspecified atom stereocenters. The van der Waals surface area contributed by atoms with Gasteiger partial charge in [-0.3, -0.25) is 4.79 Å². The van der Waals surface area contributed by atoms with E-state index in [-0.39, 0.29) is 5.92 Å². The monoisotopic (exact) mass is 267 g/mol. The van der Waals surface area contributed by atoms with Crippen LogP contribution in [0.3, 0.4) is 0 Å². The summed E-state index contributed by atoms with van der Waals surface area (Å²) in [5, 5.41) is 22.8. The van der Waals surface area contributed by atoms with E-state index in [0.717, 1.165) is 19.4 Å². The van der Waals surface area contributed by atoms with Crippen LogP contribution in [0.2, 0.25) is 0 Å². The minimum atomic E-state index is -0.719. The van der Waals surface area contributed by atoms with E-state index in [1.165, 1.54) is 6.42 Å². The van der Waals surface area contributed by atoms with Crippen LogP contribution in [0.4, 0.5) is 0 Å². The number of hydrogen-bond donors (Lipinski definition) is 3. The van der Waals surface area contributed by atoms with Crippen LogP contribution in [-0.2, 0) is 4.79 Å². The highest BCUT2D eigenvalue weighted by molar-refractivity contribution is 5.70. The molecular weight excluding hydrogens is 242 g/mol. The first-order valence-electron chi connectivity index (χ1n) is 7.40. The van der Waals surface area contributed by atoms with Gasteiger partial charge in [0.15, 0.2) is 0 Å². The second-order valence-electron chi connectivity index (χ2n) is 6.12. The van der Waals surface area contributed by atoms with Gasteiger partial charge in [-0.15, -0.1) is 0 Å². The van der Waals surface area contributed by atoms with Crippen molar-refractivity contribution in [1.82, 2.24) is 5.32 Å². The second-order valence-corrected chi connectivity index (χ2v) is 6.12. The lowest BCUT2D eigenvalue weighted by Crippen LogP contribution is -2.45. The maximum absolute atomic E-state index is 10.9. The zero-order valence-electron chi connectivity index (χ0n) is 11.5. The van der Waals surface area contributed by atoms with Crippen molar-refractivity contribution in [2.75, 3.05) is 13.1 Å². The molecule has 1 saturated carbocycles. The SMILES string of the molecule is O=C(O)C1CCC(O)(CNCC2CC=CCC2)CC1. The maximum atomic E-state index is 10.9. The zero-order chi connectivity index (χ0) is 13.7. The molecule has 0 aromatic rings. The van der Waals surface area contributed by atoms with Crippen molar-refractivity contribution in [3.8, 4) is 0 Å². The first-order chi connectivity index (χ1) is 9.09. The van der Waals surface area contributed by atoms with E-state index in [2.05, 4.69) is 17.5 Å². The molecule has 0 aromatic heterocycles. The topological polar surface area (TPSA) is 69.6 Å². The van der Waals surface area contributed by atoms with E-state index in [0.29, 0.717) is 38.1 Å². The van der Waals surface area contributed by atoms with E-state index < -0.39 is 11.6 Å². The second kappa shape index (κ2) is 6.53. The third kappa shape index (κ3) is 4.32. The highest BCUT2D eigenvalue weighted by Gasteiger charge is 2.35. The van der Waals surface area contributed by atoms with Crippen LogP contribution < -0.4 is 5.32 Å². The van der Waals surface area contributed by atoms with Crippen LogP contribution in [0, 0.1) is 11.8 Å². The Labute approximate surface area is 114 Å². The van der Waals surface area contributed by atoms with Crippen molar-refractivity contribution in [3.05, 3.63) is 12.2 Å². The van der Waals surface area contributed by atoms with Gasteiger partial charge >= 0.3 is 5.97 Å². The van der Waals surface area contributed by atoms with E-state index >= 15 is 0 Å². The lowest BCUT2D eigenvalue weighted by atomic mass is 9.78. The summed E-state index contributed by atoms with van der Waals surface area (Å²) >= 11 is 0. The number of carbonyl (C=O) groups is 1. The summed E-state index contributed by atoms with van der Waals surface area (Å²) in [4.78, 5) is 10.9. The van der Waals surface area contributed by atoms with Crippen LogP contribution in [-0.4, -0.2) is 34.9 Å². The fraction of sp³-hybridized carbons (Fsp3) is 0.800. The summed E-state index contributed by atoms with van der Waals surface area (Å²) in [5.74, 6) is -0.295. The molecule has 3 N–H and O–H groups in total. The Hall–Kier alpha value is -0.870. The molecule has 0 saturated heterocycles. The van der Waals surface area contributed by atoms with Gasteiger partial charge < -0.3 is 15.5 Å². The Balaban J connectivity index is 1.68. The van der Waals surface area contributed by atoms with Crippen LogP contribution in [0.25, 0.3) is 0 Å². The van der Waals surface area contributed by atoms with Gasteiger partial charge in [-0.05, 0) is 57.4 Å². The molecule has 1 fully saturated rings. The summed E-state index contributed by atoms with van der Waals surface area (Å²) in [7, 11) is 0. The first kappa shape index (κ1) is 14.5. The molecule has 108 valence electrons. The Kier molecular flexibility index (Phi) is 4.99. The van der Waals surface area contributed by atoms with Crippen molar-refractivity contribution in [1.29, 1.82) is 0 Å². The van der Waals surface area contributed by atoms with Gasteiger partial charge in [0, 0.05) is 6.54 Å². The molecule has 0 aliphatic heterocycles. The summed E-state index contributed by atoms with van der Waals surface area (Å²) in [6.45, 7) is 1.55. The van der Waals surface area contributed by atoms with Crippen molar-refractivity contribution in [2.45, 2.75) is 50.5 Å². The van der Waals surface area contributed by atoms with Crippen molar-refractivity contribution >= 4 is 5.97 Å². The molecule has 0 amide bonds. The third-order valence-corrected chi connectivity index (χ3v) is 4.53. The number of rotatable bonds is 5. The Morgan fingerprint density at radius 1 is 1.26 bits per heavy atom. The highest BCUT2D eigenvalue weighted by atomic mass is 16.4. The molecule has 2 aliphatic rings. The number of nitrogens with one attached hydrogen (secondary N) is 1. The van der Waals surface area contributed by atoms with E-state index in [4.69, 9.17) is 5.11 Å². The first-order valence-corrected chi connectivity index (χ1v) is 7.40. The van der Waals surface area contributed by atoms with Gasteiger partial charge in [-0.25, -0.2) is 0 Å². The molecule has 0 aromatic carbocycles. The lowest BCUT2D eigenvalue weighted by molar-refractivity contribution is -0.144. The molecule has 0 bridgehead atoms. The predicted octanol–water partition coefficient (Wildman–Crippen LogP) is 1.94.